The Morgan fingerprint density at radius 2 is 1.68 bits per heavy atom. The quantitative estimate of drug-likeness (QED) is 0.463. The number of imide groups is 1. The van der Waals surface area contributed by atoms with Crippen molar-refractivity contribution in [3.05, 3.63) is 70.3 Å². The van der Waals surface area contributed by atoms with E-state index in [9.17, 15) is 14.4 Å². The molecule has 0 unspecified atom stereocenters. The number of carbonyl (C=O) groups is 3. The molecule has 0 saturated heterocycles. The number of benzene rings is 1. The van der Waals surface area contributed by atoms with E-state index in [4.69, 9.17) is 13.8 Å². The van der Waals surface area contributed by atoms with Crippen molar-refractivity contribution in [1.29, 1.82) is 0 Å². The molecule has 3 aromatic heterocycles. The Bertz CT molecular complexity index is 1380. The monoisotopic (exact) mass is 417 g/mol. The van der Waals surface area contributed by atoms with Crippen LogP contribution in [0.2, 0.25) is 0 Å². The number of hydroxylamine groups is 2. The SMILES string of the molecule is Cc1cc(-c2cc(C(=O)ON3C(=O)c4ccccc4C3=O)c3c(C)noc3n2)c(C)o1. The fraction of sp³-hybridized carbons (Fsp3) is 0.136. The molecule has 0 N–H and O–H groups in total. The molecule has 2 amide bonds. The van der Waals surface area contributed by atoms with Gasteiger partial charge in [0.05, 0.1) is 33.5 Å². The van der Waals surface area contributed by atoms with E-state index in [1.165, 1.54) is 18.2 Å². The van der Waals surface area contributed by atoms with Gasteiger partial charge in [-0.05, 0) is 45.0 Å². The largest absolute Gasteiger partial charge is 0.466 e. The average molecular weight is 417 g/mol. The lowest BCUT2D eigenvalue weighted by Crippen LogP contribution is -2.32. The van der Waals surface area contributed by atoms with Crippen LogP contribution in [-0.4, -0.2) is 33.0 Å². The van der Waals surface area contributed by atoms with Gasteiger partial charge in [-0.15, -0.1) is 0 Å². The van der Waals surface area contributed by atoms with Crippen LogP contribution in [0.15, 0.2) is 45.3 Å². The van der Waals surface area contributed by atoms with E-state index in [2.05, 4.69) is 10.1 Å². The predicted molar refractivity (Wildman–Crippen MR) is 106 cm³/mol. The third-order valence-corrected chi connectivity index (χ3v) is 5.08. The van der Waals surface area contributed by atoms with E-state index in [1.54, 1.807) is 39.0 Å². The summed E-state index contributed by atoms with van der Waals surface area (Å²) >= 11 is 0. The zero-order valence-electron chi connectivity index (χ0n) is 16.8. The van der Waals surface area contributed by atoms with Crippen molar-refractivity contribution in [3.8, 4) is 11.3 Å². The van der Waals surface area contributed by atoms with E-state index in [0.29, 0.717) is 38.9 Å². The highest BCUT2D eigenvalue weighted by Gasteiger charge is 2.39. The number of nitrogens with zero attached hydrogens (tertiary/aromatic N) is 3. The van der Waals surface area contributed by atoms with Gasteiger partial charge in [0.1, 0.15) is 11.5 Å². The lowest BCUT2D eigenvalue weighted by molar-refractivity contribution is -0.0583. The van der Waals surface area contributed by atoms with Gasteiger partial charge in [0.15, 0.2) is 0 Å². The molecule has 9 heteroatoms. The molecule has 5 rings (SSSR count). The highest BCUT2D eigenvalue weighted by Crippen LogP contribution is 2.31. The first-order chi connectivity index (χ1) is 14.8. The molecule has 0 radical (unpaired) electrons. The normalized spacial score (nSPS) is 13.2. The average Bonchev–Trinajstić information content (AvgIpc) is 3.37. The summed E-state index contributed by atoms with van der Waals surface area (Å²) in [5.74, 6) is -1.03. The molecule has 0 spiro atoms. The lowest BCUT2D eigenvalue weighted by Gasteiger charge is -2.13. The third-order valence-electron chi connectivity index (χ3n) is 5.08. The number of hydrogen-bond acceptors (Lipinski definition) is 8. The van der Waals surface area contributed by atoms with Crippen LogP contribution in [0.4, 0.5) is 0 Å². The van der Waals surface area contributed by atoms with Crippen molar-refractivity contribution >= 4 is 28.9 Å². The summed E-state index contributed by atoms with van der Waals surface area (Å²) in [5, 5.41) is 4.68. The summed E-state index contributed by atoms with van der Waals surface area (Å²) < 4.78 is 10.8. The van der Waals surface area contributed by atoms with Crippen LogP contribution in [0.25, 0.3) is 22.4 Å². The molecule has 0 bridgehead atoms. The fourth-order valence-electron chi connectivity index (χ4n) is 3.66. The minimum Gasteiger partial charge on any atom is -0.466 e. The zero-order valence-corrected chi connectivity index (χ0v) is 16.8. The minimum absolute atomic E-state index is 0.0635. The number of carbonyl (C=O) groups excluding carboxylic acids is 3. The van der Waals surface area contributed by atoms with Crippen molar-refractivity contribution in [1.82, 2.24) is 15.2 Å². The van der Waals surface area contributed by atoms with Crippen molar-refractivity contribution in [3.63, 3.8) is 0 Å². The Hall–Kier alpha value is -4.27. The molecule has 0 saturated carbocycles. The second-order valence-corrected chi connectivity index (χ2v) is 7.16. The number of fused-ring (bicyclic) bond motifs is 2. The van der Waals surface area contributed by atoms with E-state index in [0.717, 1.165) is 0 Å². The van der Waals surface area contributed by atoms with Gasteiger partial charge in [0, 0.05) is 5.56 Å². The summed E-state index contributed by atoms with van der Waals surface area (Å²) in [6, 6.07) is 9.55. The van der Waals surface area contributed by atoms with Crippen LogP contribution in [0.1, 0.15) is 48.3 Å². The Morgan fingerprint density at radius 3 is 2.29 bits per heavy atom. The summed E-state index contributed by atoms with van der Waals surface area (Å²) in [7, 11) is 0. The van der Waals surface area contributed by atoms with Gasteiger partial charge in [-0.3, -0.25) is 9.59 Å². The molecule has 0 aliphatic carbocycles. The van der Waals surface area contributed by atoms with Crippen LogP contribution in [0.5, 0.6) is 0 Å². The first kappa shape index (κ1) is 18.7. The zero-order chi connectivity index (χ0) is 21.9. The Labute approximate surface area is 175 Å². The summed E-state index contributed by atoms with van der Waals surface area (Å²) in [5.41, 5.74) is 2.04. The molecular formula is C22H15N3O6. The van der Waals surface area contributed by atoms with Gasteiger partial charge in [0.25, 0.3) is 17.5 Å². The van der Waals surface area contributed by atoms with E-state index < -0.39 is 17.8 Å². The topological polar surface area (TPSA) is 116 Å². The molecule has 0 atom stereocenters. The summed E-state index contributed by atoms with van der Waals surface area (Å²) in [6.07, 6.45) is 0. The molecule has 1 aromatic carbocycles. The molecule has 9 nitrogen and oxygen atoms in total. The maximum Gasteiger partial charge on any atom is 0.364 e. The highest BCUT2D eigenvalue weighted by atomic mass is 16.7. The van der Waals surface area contributed by atoms with Crippen LogP contribution in [-0.2, 0) is 4.84 Å². The van der Waals surface area contributed by atoms with Gasteiger partial charge in [-0.1, -0.05) is 22.4 Å². The van der Waals surface area contributed by atoms with Gasteiger partial charge >= 0.3 is 5.97 Å². The molecule has 4 aromatic rings. The van der Waals surface area contributed by atoms with E-state index in [1.807, 2.05) is 0 Å². The smallest absolute Gasteiger partial charge is 0.364 e. The van der Waals surface area contributed by atoms with E-state index in [-0.39, 0.29) is 22.4 Å². The first-order valence-electron chi connectivity index (χ1n) is 9.39. The number of pyridine rings is 1. The van der Waals surface area contributed by atoms with Crippen LogP contribution >= 0.6 is 0 Å². The van der Waals surface area contributed by atoms with Crippen LogP contribution in [0, 0.1) is 20.8 Å². The number of aryl methyl sites for hydroxylation is 3. The second-order valence-electron chi connectivity index (χ2n) is 7.16. The first-order valence-corrected chi connectivity index (χ1v) is 9.39. The van der Waals surface area contributed by atoms with Crippen molar-refractivity contribution in [2.75, 3.05) is 0 Å². The third kappa shape index (κ3) is 2.82. The van der Waals surface area contributed by atoms with Gasteiger partial charge in [-0.25, -0.2) is 9.78 Å². The number of rotatable bonds is 3. The molecule has 4 heterocycles. The van der Waals surface area contributed by atoms with Gasteiger partial charge in [0.2, 0.25) is 0 Å². The van der Waals surface area contributed by atoms with Crippen molar-refractivity contribution < 1.29 is 28.2 Å². The predicted octanol–water partition coefficient (Wildman–Crippen LogP) is 3.78. The van der Waals surface area contributed by atoms with Crippen molar-refractivity contribution in [2.24, 2.45) is 0 Å². The Balaban J connectivity index is 1.57. The standard InChI is InChI=1S/C22H15N3O6/c1-10-8-15(12(3)29-10)17-9-16(18-11(2)24-30-19(18)23-17)22(28)31-25-20(26)13-6-4-5-7-14(13)21(25)27/h4-9H,1-3H3. The maximum atomic E-state index is 13.1. The highest BCUT2D eigenvalue weighted by molar-refractivity contribution is 6.21. The summed E-state index contributed by atoms with van der Waals surface area (Å²) in [4.78, 5) is 47.9. The van der Waals surface area contributed by atoms with Gasteiger partial charge < -0.3 is 13.8 Å². The number of aromatic nitrogens is 2. The fourth-order valence-corrected chi connectivity index (χ4v) is 3.66. The molecular weight excluding hydrogens is 402 g/mol. The summed E-state index contributed by atoms with van der Waals surface area (Å²) in [6.45, 7) is 5.22. The molecule has 1 aliphatic rings. The van der Waals surface area contributed by atoms with E-state index >= 15 is 0 Å². The Morgan fingerprint density at radius 1 is 1.00 bits per heavy atom. The molecule has 154 valence electrons. The number of amides is 2. The van der Waals surface area contributed by atoms with Crippen LogP contribution in [0.3, 0.4) is 0 Å². The van der Waals surface area contributed by atoms with Gasteiger partial charge in [-0.2, -0.15) is 0 Å². The maximum absolute atomic E-state index is 13.1. The molecule has 0 fully saturated rings. The minimum atomic E-state index is -0.910. The second kappa shape index (κ2) is 6.63. The van der Waals surface area contributed by atoms with Crippen molar-refractivity contribution in [2.45, 2.75) is 20.8 Å². The molecule has 31 heavy (non-hydrogen) atoms. The van der Waals surface area contributed by atoms with Crippen LogP contribution < -0.4 is 0 Å². The molecule has 1 aliphatic heterocycles. The number of furan rings is 1. The number of hydrogen-bond donors (Lipinski definition) is 0. The Kier molecular flexibility index (Phi) is 4.01. The lowest BCUT2D eigenvalue weighted by atomic mass is 10.1.